The van der Waals surface area contributed by atoms with Crippen LogP contribution in [0.3, 0.4) is 0 Å². The highest BCUT2D eigenvalue weighted by molar-refractivity contribution is 6.30. The maximum Gasteiger partial charge on any atom is 0.259 e. The molecule has 43 heavy (non-hydrogen) atoms. The molecule has 0 saturated heterocycles. The summed E-state index contributed by atoms with van der Waals surface area (Å²) in [5.74, 6) is 1.24. The fourth-order valence-corrected chi connectivity index (χ4v) is 6.94. The Labute approximate surface area is 261 Å². The van der Waals surface area contributed by atoms with E-state index < -0.39 is 0 Å². The maximum atomic E-state index is 13.2. The first-order valence-corrected chi connectivity index (χ1v) is 16.5. The average molecular weight is 604 g/mol. The van der Waals surface area contributed by atoms with Crippen molar-refractivity contribution in [3.05, 3.63) is 76.6 Å². The Bertz CT molecular complexity index is 1350. The highest BCUT2D eigenvalue weighted by Crippen LogP contribution is 2.35. The highest BCUT2D eigenvalue weighted by atomic mass is 35.5. The standard InChI is InChI=1S/C35H46ClN5O2/c1-3-4-33-32(22-38-41(33)31-19-11-27(36)12-20-31)35(43)40-30-17-9-26(10-18-30)23(2)34(42)39-29-15-7-25(8-16-29)21-24-5-13-28(37)14-6-24/h9-12,17-20,22-25,28-29H,3-8,13-16,21,37H2,1-2H3,(H,39,42)(H,40,43). The van der Waals surface area contributed by atoms with Gasteiger partial charge in [-0.3, -0.25) is 9.59 Å². The Hall–Kier alpha value is -3.16. The van der Waals surface area contributed by atoms with Crippen LogP contribution >= 0.6 is 11.6 Å². The number of nitrogens with two attached hydrogens (primary N) is 1. The predicted octanol–water partition coefficient (Wildman–Crippen LogP) is 7.42. The summed E-state index contributed by atoms with van der Waals surface area (Å²) in [5.41, 5.74) is 9.96. The fourth-order valence-electron chi connectivity index (χ4n) is 6.81. The molecule has 0 radical (unpaired) electrons. The molecule has 230 valence electrons. The van der Waals surface area contributed by atoms with E-state index in [9.17, 15) is 9.59 Å². The summed E-state index contributed by atoms with van der Waals surface area (Å²) >= 11 is 6.05. The van der Waals surface area contributed by atoms with Crippen LogP contribution in [0.2, 0.25) is 5.02 Å². The zero-order valence-corrected chi connectivity index (χ0v) is 26.3. The summed E-state index contributed by atoms with van der Waals surface area (Å²) in [4.78, 5) is 26.4. The van der Waals surface area contributed by atoms with Gasteiger partial charge in [0.1, 0.15) is 0 Å². The molecule has 2 fully saturated rings. The number of nitrogens with zero attached hydrogens (tertiary/aromatic N) is 2. The third-order valence-corrected chi connectivity index (χ3v) is 9.74. The number of benzene rings is 2. The monoisotopic (exact) mass is 603 g/mol. The third-order valence-electron chi connectivity index (χ3n) is 9.48. The number of nitrogens with one attached hydrogen (secondary N) is 2. The third kappa shape index (κ3) is 8.07. The molecule has 2 aliphatic carbocycles. The Morgan fingerprint density at radius 3 is 2.21 bits per heavy atom. The number of halogens is 1. The minimum atomic E-state index is -0.261. The molecule has 7 nitrogen and oxygen atoms in total. The second kappa shape index (κ2) is 14.5. The van der Waals surface area contributed by atoms with Crippen LogP contribution in [0.1, 0.15) is 106 Å². The van der Waals surface area contributed by atoms with Gasteiger partial charge in [0.15, 0.2) is 0 Å². The first-order valence-electron chi connectivity index (χ1n) is 16.1. The van der Waals surface area contributed by atoms with Gasteiger partial charge in [-0.1, -0.05) is 37.1 Å². The summed E-state index contributed by atoms with van der Waals surface area (Å²) in [7, 11) is 0. The lowest BCUT2D eigenvalue weighted by Gasteiger charge is -2.34. The molecule has 0 spiro atoms. The molecule has 2 amide bonds. The van der Waals surface area contributed by atoms with Crippen LogP contribution in [0.5, 0.6) is 0 Å². The van der Waals surface area contributed by atoms with Crippen LogP contribution in [0.4, 0.5) is 5.69 Å². The molecule has 4 N–H and O–H groups in total. The largest absolute Gasteiger partial charge is 0.353 e. The van der Waals surface area contributed by atoms with Gasteiger partial charge >= 0.3 is 0 Å². The summed E-state index contributed by atoms with van der Waals surface area (Å²) in [6.07, 6.45) is 14.0. The van der Waals surface area contributed by atoms with Crippen molar-refractivity contribution in [3.63, 3.8) is 0 Å². The van der Waals surface area contributed by atoms with Gasteiger partial charge in [-0.05, 0) is 125 Å². The Morgan fingerprint density at radius 2 is 1.58 bits per heavy atom. The Balaban J connectivity index is 1.12. The van der Waals surface area contributed by atoms with Crippen molar-refractivity contribution < 1.29 is 9.59 Å². The van der Waals surface area contributed by atoms with Crippen LogP contribution in [-0.2, 0) is 11.2 Å². The van der Waals surface area contributed by atoms with Gasteiger partial charge in [0.2, 0.25) is 5.91 Å². The minimum Gasteiger partial charge on any atom is -0.353 e. The van der Waals surface area contributed by atoms with Crippen molar-refractivity contribution in [3.8, 4) is 5.69 Å². The van der Waals surface area contributed by atoms with Crippen molar-refractivity contribution in [1.29, 1.82) is 0 Å². The molecule has 2 aliphatic rings. The van der Waals surface area contributed by atoms with Crippen molar-refractivity contribution >= 4 is 29.1 Å². The molecule has 8 heteroatoms. The van der Waals surface area contributed by atoms with Crippen LogP contribution in [0.15, 0.2) is 54.7 Å². The van der Waals surface area contributed by atoms with Crippen molar-refractivity contribution in [2.45, 2.75) is 102 Å². The minimum absolute atomic E-state index is 0.0697. The molecule has 2 aromatic carbocycles. The molecule has 1 unspecified atom stereocenters. The van der Waals surface area contributed by atoms with Crippen LogP contribution in [-0.4, -0.2) is 33.7 Å². The quantitative estimate of drug-likeness (QED) is 0.224. The molecule has 1 atom stereocenters. The highest BCUT2D eigenvalue weighted by Gasteiger charge is 2.28. The fraction of sp³-hybridized carbons (Fsp3) is 0.514. The number of aromatic nitrogens is 2. The van der Waals surface area contributed by atoms with E-state index in [2.05, 4.69) is 22.7 Å². The van der Waals surface area contributed by atoms with Gasteiger partial charge in [-0.25, -0.2) is 4.68 Å². The normalized spacial score (nSPS) is 23.0. The Kier molecular flexibility index (Phi) is 10.6. The molecule has 0 bridgehead atoms. The first-order chi connectivity index (χ1) is 20.8. The second-order valence-corrected chi connectivity index (χ2v) is 13.1. The lowest BCUT2D eigenvalue weighted by atomic mass is 9.76. The van der Waals surface area contributed by atoms with Gasteiger partial charge in [0.05, 0.1) is 29.1 Å². The van der Waals surface area contributed by atoms with E-state index in [0.29, 0.717) is 28.7 Å². The molecular formula is C35H46ClN5O2. The number of rotatable bonds is 10. The van der Waals surface area contributed by atoms with E-state index in [-0.39, 0.29) is 23.8 Å². The average Bonchev–Trinajstić information content (AvgIpc) is 3.43. The van der Waals surface area contributed by atoms with E-state index in [0.717, 1.165) is 48.0 Å². The SMILES string of the molecule is CCCc1c(C(=O)Nc2ccc(C(C)C(=O)NC3CCC(CC4CCC(N)CC4)CC3)cc2)cnn1-c1ccc(Cl)cc1. The number of amides is 2. The summed E-state index contributed by atoms with van der Waals surface area (Å²) in [6, 6.07) is 15.7. The van der Waals surface area contributed by atoms with E-state index >= 15 is 0 Å². The lowest BCUT2D eigenvalue weighted by molar-refractivity contribution is -0.123. The maximum absolute atomic E-state index is 13.2. The predicted molar refractivity (Wildman–Crippen MR) is 174 cm³/mol. The van der Waals surface area contributed by atoms with Crippen molar-refractivity contribution in [2.75, 3.05) is 5.32 Å². The molecule has 2 saturated carbocycles. The van der Waals surface area contributed by atoms with Gasteiger partial charge < -0.3 is 16.4 Å². The number of hydrogen-bond donors (Lipinski definition) is 3. The summed E-state index contributed by atoms with van der Waals surface area (Å²) < 4.78 is 1.80. The van der Waals surface area contributed by atoms with Crippen molar-refractivity contribution in [2.24, 2.45) is 17.6 Å². The van der Waals surface area contributed by atoms with E-state index in [1.807, 2.05) is 55.5 Å². The molecule has 1 aromatic heterocycles. The summed E-state index contributed by atoms with van der Waals surface area (Å²) in [6.45, 7) is 4.03. The second-order valence-electron chi connectivity index (χ2n) is 12.7. The lowest BCUT2D eigenvalue weighted by Crippen LogP contribution is -2.40. The van der Waals surface area contributed by atoms with E-state index in [1.54, 1.807) is 10.9 Å². The topological polar surface area (TPSA) is 102 Å². The van der Waals surface area contributed by atoms with Crippen LogP contribution in [0, 0.1) is 11.8 Å². The van der Waals surface area contributed by atoms with Gasteiger partial charge in [-0.15, -0.1) is 0 Å². The molecule has 1 heterocycles. The zero-order valence-electron chi connectivity index (χ0n) is 25.5. The smallest absolute Gasteiger partial charge is 0.259 e. The van der Waals surface area contributed by atoms with Crippen LogP contribution in [0.25, 0.3) is 5.69 Å². The van der Waals surface area contributed by atoms with E-state index in [4.69, 9.17) is 17.3 Å². The number of carbonyl (C=O) groups is 2. The molecular weight excluding hydrogens is 558 g/mol. The van der Waals surface area contributed by atoms with Crippen LogP contribution < -0.4 is 16.4 Å². The summed E-state index contributed by atoms with van der Waals surface area (Å²) in [5, 5.41) is 11.5. The van der Waals surface area contributed by atoms with Gasteiger partial charge in [0.25, 0.3) is 5.91 Å². The Morgan fingerprint density at radius 1 is 0.953 bits per heavy atom. The number of anilines is 1. The van der Waals surface area contributed by atoms with Gasteiger partial charge in [-0.2, -0.15) is 5.10 Å². The molecule has 5 rings (SSSR count). The van der Waals surface area contributed by atoms with Gasteiger partial charge in [0, 0.05) is 22.8 Å². The zero-order chi connectivity index (χ0) is 30.3. The van der Waals surface area contributed by atoms with Crippen molar-refractivity contribution in [1.82, 2.24) is 15.1 Å². The number of hydrogen-bond acceptors (Lipinski definition) is 4. The van der Waals surface area contributed by atoms with E-state index in [1.165, 1.54) is 44.9 Å². The molecule has 3 aromatic rings. The molecule has 0 aliphatic heterocycles. The number of carbonyl (C=O) groups excluding carboxylic acids is 2. The first kappa shape index (κ1) is 31.3.